The lowest BCUT2D eigenvalue weighted by Gasteiger charge is -2.14. The van der Waals surface area contributed by atoms with E-state index in [2.05, 4.69) is 52.4 Å². The minimum atomic E-state index is -0.507. The number of aryl methyl sites for hydroxylation is 1. The number of hydrogen-bond acceptors (Lipinski definition) is 3. The molecule has 1 N–H and O–H groups in total. The maximum absolute atomic E-state index is 12.0. The number of carbonyl (C=O) groups is 1. The topological polar surface area (TPSA) is 38.3 Å². The summed E-state index contributed by atoms with van der Waals surface area (Å²) in [5.74, 6) is 2.44. The van der Waals surface area contributed by atoms with Crippen molar-refractivity contribution in [2.75, 3.05) is 12.3 Å². The van der Waals surface area contributed by atoms with Gasteiger partial charge >= 0.3 is 0 Å². The van der Waals surface area contributed by atoms with Gasteiger partial charge in [-0.15, -0.1) is 0 Å². The van der Waals surface area contributed by atoms with Crippen LogP contribution in [0.5, 0.6) is 5.75 Å². The molecule has 0 unspecified atom stereocenters. The van der Waals surface area contributed by atoms with E-state index in [0.717, 1.165) is 16.0 Å². The van der Waals surface area contributed by atoms with Crippen LogP contribution in [0, 0.1) is 6.92 Å². The van der Waals surface area contributed by atoms with Gasteiger partial charge in [0.05, 0.1) is 0 Å². The fourth-order valence-corrected chi connectivity index (χ4v) is 3.22. The zero-order valence-corrected chi connectivity index (χ0v) is 16.3. The Labute approximate surface area is 156 Å². The summed E-state index contributed by atoms with van der Waals surface area (Å²) in [6.45, 7) is 4.50. The smallest absolute Gasteiger partial charge is 0.260 e. The Morgan fingerprint density at radius 2 is 2.00 bits per heavy atom. The number of nitrogens with one attached hydrogen (secondary N) is 1. The maximum atomic E-state index is 12.0. The molecule has 1 atom stereocenters. The minimum absolute atomic E-state index is 0.0888. The molecule has 0 saturated heterocycles. The molecule has 24 heavy (non-hydrogen) atoms. The van der Waals surface area contributed by atoms with Crippen LogP contribution < -0.4 is 10.1 Å². The average molecular weight is 408 g/mol. The molecule has 0 bridgehead atoms. The Balaban J connectivity index is 1.64. The number of amides is 1. The van der Waals surface area contributed by atoms with Gasteiger partial charge in [0.1, 0.15) is 5.75 Å². The first-order chi connectivity index (χ1) is 11.5. The fourth-order valence-electron chi connectivity index (χ4n) is 2.15. The lowest BCUT2D eigenvalue weighted by atomic mass is 10.2. The van der Waals surface area contributed by atoms with Crippen LogP contribution in [-0.4, -0.2) is 24.3 Å². The molecule has 0 aliphatic heterocycles. The van der Waals surface area contributed by atoms with Gasteiger partial charge in [-0.3, -0.25) is 4.79 Å². The van der Waals surface area contributed by atoms with Crippen molar-refractivity contribution in [1.29, 1.82) is 0 Å². The normalized spacial score (nSPS) is 11.8. The van der Waals surface area contributed by atoms with Gasteiger partial charge in [-0.25, -0.2) is 0 Å². The van der Waals surface area contributed by atoms with E-state index in [1.165, 1.54) is 11.1 Å². The van der Waals surface area contributed by atoms with Crippen LogP contribution in [0.15, 0.2) is 53.0 Å². The van der Waals surface area contributed by atoms with Crippen LogP contribution in [0.1, 0.15) is 18.1 Å². The summed E-state index contributed by atoms with van der Waals surface area (Å²) in [6.07, 6.45) is -0.507. The molecular formula is C19H22BrNO2S. The standard InChI is InChI=1S/C19H22BrNO2S/c1-14-4-3-5-16(12-14)13-24-11-10-21-19(22)15(2)23-18-8-6-17(20)7-9-18/h3-9,12,15H,10-11,13H2,1-2H3,(H,21,22)/t15-/m0/s1. The summed E-state index contributed by atoms with van der Waals surface area (Å²) in [5.41, 5.74) is 2.60. The highest BCUT2D eigenvalue weighted by Crippen LogP contribution is 2.17. The largest absolute Gasteiger partial charge is 0.481 e. The van der Waals surface area contributed by atoms with Crippen molar-refractivity contribution in [1.82, 2.24) is 5.32 Å². The Morgan fingerprint density at radius 1 is 1.25 bits per heavy atom. The summed E-state index contributed by atoms with van der Waals surface area (Å²) >= 11 is 5.19. The van der Waals surface area contributed by atoms with Gasteiger partial charge < -0.3 is 10.1 Å². The van der Waals surface area contributed by atoms with Crippen LogP contribution in [0.4, 0.5) is 0 Å². The Morgan fingerprint density at radius 3 is 2.71 bits per heavy atom. The second-order valence-electron chi connectivity index (χ2n) is 5.55. The Kier molecular flexibility index (Phi) is 7.66. The van der Waals surface area contributed by atoms with Crippen LogP contribution in [0.25, 0.3) is 0 Å². The van der Waals surface area contributed by atoms with Gasteiger partial charge in [-0.2, -0.15) is 11.8 Å². The first kappa shape index (κ1) is 18.9. The summed E-state index contributed by atoms with van der Waals surface area (Å²) < 4.78 is 6.61. The minimum Gasteiger partial charge on any atom is -0.481 e. The molecule has 2 rings (SSSR count). The van der Waals surface area contributed by atoms with Crippen molar-refractivity contribution in [2.24, 2.45) is 0 Å². The van der Waals surface area contributed by atoms with Crippen molar-refractivity contribution in [3.63, 3.8) is 0 Å². The quantitative estimate of drug-likeness (QED) is 0.650. The molecule has 0 aliphatic carbocycles. The van der Waals surface area contributed by atoms with Gasteiger partial charge in [0.25, 0.3) is 5.91 Å². The molecule has 0 saturated carbocycles. The van der Waals surface area contributed by atoms with Crippen molar-refractivity contribution in [3.8, 4) is 5.75 Å². The molecule has 3 nitrogen and oxygen atoms in total. The molecule has 128 valence electrons. The predicted molar refractivity (Wildman–Crippen MR) is 105 cm³/mol. The third kappa shape index (κ3) is 6.57. The molecular weight excluding hydrogens is 386 g/mol. The van der Waals surface area contributed by atoms with Crippen LogP contribution >= 0.6 is 27.7 Å². The molecule has 5 heteroatoms. The molecule has 0 aliphatic rings. The summed E-state index contributed by atoms with van der Waals surface area (Å²) in [4.78, 5) is 12.0. The van der Waals surface area contributed by atoms with Crippen LogP contribution in [-0.2, 0) is 10.5 Å². The van der Waals surface area contributed by atoms with E-state index in [-0.39, 0.29) is 5.91 Å². The molecule has 2 aromatic carbocycles. The van der Waals surface area contributed by atoms with Crippen molar-refractivity contribution in [2.45, 2.75) is 25.7 Å². The fraction of sp³-hybridized carbons (Fsp3) is 0.316. The number of thioether (sulfide) groups is 1. The van der Waals surface area contributed by atoms with Crippen LogP contribution in [0.2, 0.25) is 0 Å². The lowest BCUT2D eigenvalue weighted by molar-refractivity contribution is -0.127. The van der Waals surface area contributed by atoms with E-state index >= 15 is 0 Å². The summed E-state index contributed by atoms with van der Waals surface area (Å²) in [6, 6.07) is 16.0. The molecule has 0 aromatic heterocycles. The van der Waals surface area contributed by atoms with Gasteiger partial charge in [-0.1, -0.05) is 45.8 Å². The first-order valence-electron chi connectivity index (χ1n) is 7.88. The molecule has 1 amide bonds. The highest BCUT2D eigenvalue weighted by Gasteiger charge is 2.13. The van der Waals surface area contributed by atoms with Crippen molar-refractivity contribution >= 4 is 33.6 Å². The van der Waals surface area contributed by atoms with E-state index in [0.29, 0.717) is 12.3 Å². The van der Waals surface area contributed by atoms with Gasteiger partial charge in [0.15, 0.2) is 6.10 Å². The predicted octanol–water partition coefficient (Wildman–Crippen LogP) is 4.57. The monoisotopic (exact) mass is 407 g/mol. The maximum Gasteiger partial charge on any atom is 0.260 e. The Bertz CT molecular complexity index is 661. The molecule has 0 heterocycles. The third-order valence-electron chi connectivity index (χ3n) is 3.39. The van der Waals surface area contributed by atoms with Gasteiger partial charge in [-0.05, 0) is 43.7 Å². The first-order valence-corrected chi connectivity index (χ1v) is 9.82. The SMILES string of the molecule is Cc1cccc(CSCCNC(=O)[C@H](C)Oc2ccc(Br)cc2)c1. The second-order valence-corrected chi connectivity index (χ2v) is 7.57. The second kappa shape index (κ2) is 9.74. The van der Waals surface area contributed by atoms with E-state index < -0.39 is 6.10 Å². The van der Waals surface area contributed by atoms with Crippen molar-refractivity contribution in [3.05, 3.63) is 64.1 Å². The number of halogens is 1. The number of benzene rings is 2. The van der Waals surface area contributed by atoms with Gasteiger partial charge in [0, 0.05) is 22.5 Å². The van der Waals surface area contributed by atoms with E-state index in [1.54, 1.807) is 6.92 Å². The molecule has 2 aromatic rings. The summed E-state index contributed by atoms with van der Waals surface area (Å²) in [7, 11) is 0. The molecule has 0 radical (unpaired) electrons. The third-order valence-corrected chi connectivity index (χ3v) is 4.95. The number of ether oxygens (including phenoxy) is 1. The highest BCUT2D eigenvalue weighted by molar-refractivity contribution is 9.10. The molecule has 0 spiro atoms. The average Bonchev–Trinajstić information content (AvgIpc) is 2.56. The number of hydrogen-bond donors (Lipinski definition) is 1. The van der Waals surface area contributed by atoms with Gasteiger partial charge in [0.2, 0.25) is 0 Å². The van der Waals surface area contributed by atoms with Crippen LogP contribution in [0.3, 0.4) is 0 Å². The van der Waals surface area contributed by atoms with E-state index in [4.69, 9.17) is 4.74 Å². The number of carbonyl (C=O) groups excluding carboxylic acids is 1. The lowest BCUT2D eigenvalue weighted by Crippen LogP contribution is -2.37. The Hall–Kier alpha value is -1.46. The van der Waals surface area contributed by atoms with Crippen molar-refractivity contribution < 1.29 is 9.53 Å². The molecule has 0 fully saturated rings. The highest BCUT2D eigenvalue weighted by atomic mass is 79.9. The summed E-state index contributed by atoms with van der Waals surface area (Å²) in [5, 5.41) is 2.92. The zero-order valence-electron chi connectivity index (χ0n) is 13.9. The van der Waals surface area contributed by atoms with E-state index in [9.17, 15) is 4.79 Å². The zero-order chi connectivity index (χ0) is 17.4. The van der Waals surface area contributed by atoms with E-state index in [1.807, 2.05) is 36.0 Å². The number of rotatable bonds is 8.